The van der Waals surface area contributed by atoms with Crippen molar-refractivity contribution in [1.29, 1.82) is 0 Å². The monoisotopic (exact) mass is 351 g/mol. The van der Waals surface area contributed by atoms with Crippen LogP contribution in [0.1, 0.15) is 16.4 Å². The van der Waals surface area contributed by atoms with Gasteiger partial charge in [-0.2, -0.15) is 0 Å². The van der Waals surface area contributed by atoms with Gasteiger partial charge in [-0.15, -0.1) is 11.3 Å². The molecule has 1 aromatic carbocycles. The Balaban J connectivity index is 1.96. The van der Waals surface area contributed by atoms with Crippen molar-refractivity contribution >= 4 is 47.3 Å². The third kappa shape index (κ3) is 1.94. The molecule has 0 amide bonds. The van der Waals surface area contributed by atoms with Crippen molar-refractivity contribution in [3.8, 4) is 5.75 Å². The van der Waals surface area contributed by atoms with E-state index in [0.29, 0.717) is 9.52 Å². The van der Waals surface area contributed by atoms with Gasteiger partial charge in [0.2, 0.25) is 0 Å². The molecule has 4 rings (SSSR count). The maximum Gasteiger partial charge on any atom is 0.328 e. The molecule has 2 aromatic rings. The van der Waals surface area contributed by atoms with Crippen molar-refractivity contribution in [3.05, 3.63) is 38.7 Å². The van der Waals surface area contributed by atoms with E-state index in [1.165, 1.54) is 23.1 Å². The predicted octanol–water partition coefficient (Wildman–Crippen LogP) is 2.82. The van der Waals surface area contributed by atoms with E-state index in [9.17, 15) is 14.7 Å². The quantitative estimate of drug-likeness (QED) is 0.467. The summed E-state index contributed by atoms with van der Waals surface area (Å²) in [6.07, 6.45) is 0. The van der Waals surface area contributed by atoms with Gasteiger partial charge in [0.25, 0.3) is 0 Å². The number of hydrogen-bond donors (Lipinski definition) is 2. The summed E-state index contributed by atoms with van der Waals surface area (Å²) in [4.78, 5) is 28.0. The van der Waals surface area contributed by atoms with Gasteiger partial charge in [0.1, 0.15) is 11.0 Å². The molecule has 1 aromatic heterocycles. The lowest BCUT2D eigenvalue weighted by Crippen LogP contribution is -2.31. The van der Waals surface area contributed by atoms with E-state index in [0.717, 1.165) is 9.90 Å². The van der Waals surface area contributed by atoms with Crippen molar-refractivity contribution in [1.82, 2.24) is 4.98 Å². The molecule has 2 N–H and O–H groups in total. The van der Waals surface area contributed by atoms with E-state index in [1.54, 1.807) is 24.3 Å². The number of nitrogens with one attached hydrogen (secondary N) is 1. The summed E-state index contributed by atoms with van der Waals surface area (Å²) >= 11 is 7.83. The number of thiazole rings is 1. The maximum absolute atomic E-state index is 12.2. The molecule has 0 aliphatic carbocycles. The van der Waals surface area contributed by atoms with Crippen molar-refractivity contribution in [2.24, 2.45) is 5.92 Å². The van der Waals surface area contributed by atoms with E-state index in [1.807, 2.05) is 0 Å². The number of thioether (sulfide) groups is 1. The zero-order valence-electron chi connectivity index (χ0n) is 10.9. The van der Waals surface area contributed by atoms with Gasteiger partial charge >= 0.3 is 11.9 Å². The second-order valence-electron chi connectivity index (χ2n) is 5.05. The standard InChI is InChI=1S/C14H9NO4S3/c16-6-4-2-1-3-5(6)7-8-10(13(18)19-12(8)17)21-11-9(7)22-14(20)15-11/h1-4,7-8,10,16H,(H,15,20)/t7-,8-,10+/m0/s1. The molecule has 1 fully saturated rings. The Morgan fingerprint density at radius 3 is 2.77 bits per heavy atom. The molecule has 0 spiro atoms. The molecular weight excluding hydrogens is 342 g/mol. The number of carbonyl (C=O) groups is 2. The number of benzene rings is 1. The van der Waals surface area contributed by atoms with Crippen molar-refractivity contribution in [2.75, 3.05) is 0 Å². The van der Waals surface area contributed by atoms with Crippen LogP contribution in [0.3, 0.4) is 0 Å². The van der Waals surface area contributed by atoms with Gasteiger partial charge in [-0.05, 0) is 18.3 Å². The molecule has 3 atom stereocenters. The molecule has 22 heavy (non-hydrogen) atoms. The molecule has 8 heteroatoms. The zero-order valence-corrected chi connectivity index (χ0v) is 13.4. The number of aromatic nitrogens is 1. The molecule has 112 valence electrons. The van der Waals surface area contributed by atoms with Crippen LogP contribution in [0.5, 0.6) is 5.75 Å². The Hall–Kier alpha value is -1.64. The minimum Gasteiger partial charge on any atom is -0.508 e. The second-order valence-corrected chi connectivity index (χ2v) is 7.92. The summed E-state index contributed by atoms with van der Waals surface area (Å²) in [7, 11) is 0. The van der Waals surface area contributed by atoms with Crippen LogP contribution < -0.4 is 0 Å². The van der Waals surface area contributed by atoms with Crippen LogP contribution in [0.15, 0.2) is 29.3 Å². The molecule has 1 saturated heterocycles. The largest absolute Gasteiger partial charge is 0.508 e. The predicted molar refractivity (Wildman–Crippen MR) is 83.7 cm³/mol. The summed E-state index contributed by atoms with van der Waals surface area (Å²) in [5, 5.41) is 10.4. The number of aromatic amines is 1. The van der Waals surface area contributed by atoms with E-state index in [4.69, 9.17) is 17.0 Å². The topological polar surface area (TPSA) is 79.4 Å². The number of hydrogen-bond acceptors (Lipinski definition) is 7. The van der Waals surface area contributed by atoms with E-state index >= 15 is 0 Å². The summed E-state index contributed by atoms with van der Waals surface area (Å²) in [5.74, 6) is -2.05. The average molecular weight is 351 g/mol. The van der Waals surface area contributed by atoms with Gasteiger partial charge < -0.3 is 14.8 Å². The number of aromatic hydroxyl groups is 1. The molecule has 2 aliphatic heterocycles. The fourth-order valence-corrected chi connectivity index (χ4v) is 5.81. The van der Waals surface area contributed by atoms with Crippen molar-refractivity contribution < 1.29 is 19.4 Å². The number of carbonyl (C=O) groups excluding carboxylic acids is 2. The van der Waals surface area contributed by atoms with Gasteiger partial charge in [0, 0.05) is 16.4 Å². The lowest BCUT2D eigenvalue weighted by Gasteiger charge is -2.29. The smallest absolute Gasteiger partial charge is 0.328 e. The first-order chi connectivity index (χ1) is 10.6. The Kier molecular flexibility index (Phi) is 3.14. The Bertz CT molecular complexity index is 856. The van der Waals surface area contributed by atoms with Crippen LogP contribution in [0.2, 0.25) is 0 Å². The molecule has 0 bridgehead atoms. The lowest BCUT2D eigenvalue weighted by molar-refractivity contribution is -0.153. The van der Waals surface area contributed by atoms with Gasteiger partial charge in [-0.3, -0.25) is 9.59 Å². The molecule has 3 heterocycles. The Morgan fingerprint density at radius 2 is 2.00 bits per heavy atom. The Labute approximate surface area is 138 Å². The number of H-pyrrole nitrogens is 1. The van der Waals surface area contributed by atoms with Gasteiger partial charge in [-0.1, -0.05) is 30.0 Å². The molecule has 2 aliphatic rings. The number of esters is 2. The minimum absolute atomic E-state index is 0.0931. The normalized spacial score (nSPS) is 26.5. The number of rotatable bonds is 1. The first kappa shape index (κ1) is 14.0. The van der Waals surface area contributed by atoms with Crippen LogP contribution in [0, 0.1) is 9.87 Å². The first-order valence-corrected chi connectivity index (χ1v) is 8.60. The number of ether oxygens (including phenoxy) is 1. The summed E-state index contributed by atoms with van der Waals surface area (Å²) in [5.41, 5.74) is 0.607. The van der Waals surface area contributed by atoms with Crippen LogP contribution in [0.4, 0.5) is 0 Å². The molecule has 0 radical (unpaired) electrons. The number of phenolic OH excluding ortho intramolecular Hbond substituents is 1. The summed E-state index contributed by atoms with van der Waals surface area (Å²) in [6, 6.07) is 6.83. The summed E-state index contributed by atoms with van der Waals surface area (Å²) in [6.45, 7) is 0. The van der Waals surface area contributed by atoms with Crippen LogP contribution in [-0.4, -0.2) is 27.3 Å². The Morgan fingerprint density at radius 1 is 1.23 bits per heavy atom. The highest BCUT2D eigenvalue weighted by molar-refractivity contribution is 8.00. The summed E-state index contributed by atoms with van der Waals surface area (Å²) < 4.78 is 5.40. The fraction of sp³-hybridized carbons (Fsp3) is 0.214. The third-order valence-electron chi connectivity index (χ3n) is 3.83. The maximum atomic E-state index is 12.2. The van der Waals surface area contributed by atoms with Gasteiger partial charge in [-0.25, -0.2) is 0 Å². The van der Waals surface area contributed by atoms with E-state index < -0.39 is 29.0 Å². The van der Waals surface area contributed by atoms with Crippen molar-refractivity contribution in [3.63, 3.8) is 0 Å². The average Bonchev–Trinajstić information content (AvgIpc) is 2.97. The first-order valence-electron chi connectivity index (χ1n) is 6.49. The highest BCUT2D eigenvalue weighted by Crippen LogP contribution is 2.54. The third-order valence-corrected chi connectivity index (χ3v) is 6.58. The fourth-order valence-electron chi connectivity index (χ4n) is 2.92. The lowest BCUT2D eigenvalue weighted by atomic mass is 9.83. The van der Waals surface area contributed by atoms with Crippen LogP contribution in [0.25, 0.3) is 0 Å². The highest BCUT2D eigenvalue weighted by atomic mass is 32.2. The zero-order chi connectivity index (χ0) is 15.4. The molecule has 5 nitrogen and oxygen atoms in total. The van der Waals surface area contributed by atoms with E-state index in [2.05, 4.69) is 4.98 Å². The molecule has 0 unspecified atom stereocenters. The minimum atomic E-state index is -0.639. The molecular formula is C14H9NO4S3. The van der Waals surface area contributed by atoms with Crippen LogP contribution in [-0.2, 0) is 14.3 Å². The molecule has 0 saturated carbocycles. The van der Waals surface area contributed by atoms with Gasteiger partial charge in [0.15, 0.2) is 3.95 Å². The second kappa shape index (κ2) is 4.94. The van der Waals surface area contributed by atoms with Crippen molar-refractivity contribution in [2.45, 2.75) is 16.2 Å². The van der Waals surface area contributed by atoms with Gasteiger partial charge in [0.05, 0.1) is 10.9 Å². The SMILES string of the molecule is O=C1OC(=O)[C@@H]2Sc3[nH]c(=S)sc3[C@@H](c3ccccc3O)[C@H]12. The number of para-hydroxylation sites is 1. The number of fused-ring (bicyclic) bond motifs is 2. The number of phenols is 1. The van der Waals surface area contributed by atoms with Crippen LogP contribution >= 0.6 is 35.3 Å². The highest BCUT2D eigenvalue weighted by Gasteiger charge is 2.54. The number of cyclic esters (lactones) is 2. The van der Waals surface area contributed by atoms with E-state index in [-0.39, 0.29) is 5.75 Å².